The number of nitrogens with one attached hydrogen (secondary N) is 1. The Hall–Kier alpha value is -3.35. The Morgan fingerprint density at radius 3 is 2.29 bits per heavy atom. The van der Waals surface area contributed by atoms with Crippen LogP contribution in [0, 0.1) is 0 Å². The number of methoxy groups -OCH3 is 2. The average Bonchev–Trinajstić information content (AvgIpc) is 2.72. The molecular formula is C21H23NO6. The number of anilines is 1. The Labute approximate surface area is 163 Å². The summed E-state index contributed by atoms with van der Waals surface area (Å²) in [5.74, 6) is -1.01. The van der Waals surface area contributed by atoms with Crippen LogP contribution < -0.4 is 14.8 Å². The lowest BCUT2D eigenvalue weighted by atomic mass is 10.1. The van der Waals surface area contributed by atoms with E-state index in [1.807, 2.05) is 19.1 Å². The molecule has 7 heteroatoms. The molecule has 0 aliphatic heterocycles. The van der Waals surface area contributed by atoms with Gasteiger partial charge in [0, 0.05) is 11.3 Å². The summed E-state index contributed by atoms with van der Waals surface area (Å²) in [4.78, 5) is 36.3. The maximum absolute atomic E-state index is 12.6. The maximum Gasteiger partial charge on any atom is 0.343 e. The lowest BCUT2D eigenvalue weighted by Crippen LogP contribution is -2.30. The van der Waals surface area contributed by atoms with Crippen molar-refractivity contribution >= 4 is 23.9 Å². The molecule has 7 nitrogen and oxygen atoms in total. The first kappa shape index (κ1) is 21.0. The van der Waals surface area contributed by atoms with E-state index in [1.54, 1.807) is 12.1 Å². The summed E-state index contributed by atoms with van der Waals surface area (Å²) in [6.45, 7) is 3.48. The number of amides is 1. The largest absolute Gasteiger partial charge is 0.493 e. The first-order chi connectivity index (χ1) is 13.4. The molecule has 0 saturated carbocycles. The molecule has 0 aromatic heterocycles. The highest BCUT2D eigenvalue weighted by atomic mass is 16.6. The van der Waals surface area contributed by atoms with Crippen molar-refractivity contribution in [2.45, 2.75) is 26.4 Å². The van der Waals surface area contributed by atoms with Crippen LogP contribution in [0.15, 0.2) is 36.4 Å². The van der Waals surface area contributed by atoms with E-state index in [1.165, 1.54) is 33.3 Å². The molecule has 0 radical (unpaired) electrons. The van der Waals surface area contributed by atoms with Crippen LogP contribution in [-0.4, -0.2) is 38.5 Å². The topological polar surface area (TPSA) is 90.9 Å². The van der Waals surface area contributed by atoms with Crippen LogP contribution >= 0.6 is 0 Å². The first-order valence-corrected chi connectivity index (χ1v) is 8.76. The number of rotatable bonds is 8. The van der Waals surface area contributed by atoms with Crippen molar-refractivity contribution in [3.8, 4) is 11.5 Å². The molecule has 2 aromatic rings. The quantitative estimate of drug-likeness (QED) is 0.554. The van der Waals surface area contributed by atoms with Gasteiger partial charge in [0.25, 0.3) is 5.91 Å². The molecule has 0 aliphatic carbocycles. The molecule has 2 aromatic carbocycles. The van der Waals surface area contributed by atoms with Crippen LogP contribution in [0.3, 0.4) is 0 Å². The zero-order valence-electron chi connectivity index (χ0n) is 16.3. The summed E-state index contributed by atoms with van der Waals surface area (Å²) in [6, 6.07) is 10.3. The summed E-state index contributed by atoms with van der Waals surface area (Å²) in [5.41, 5.74) is 1.72. The zero-order chi connectivity index (χ0) is 20.7. The van der Waals surface area contributed by atoms with Gasteiger partial charge in [-0.3, -0.25) is 9.59 Å². The Balaban J connectivity index is 2.17. The fourth-order valence-corrected chi connectivity index (χ4v) is 2.59. The molecule has 0 unspecified atom stereocenters. The van der Waals surface area contributed by atoms with Crippen molar-refractivity contribution < 1.29 is 28.6 Å². The molecule has 0 fully saturated rings. The SMILES string of the molecule is CCc1ccc(NC(=O)[C@H](C)OC(=O)c2c(C=O)ccc(OC)c2OC)cc1. The van der Waals surface area contributed by atoms with Crippen LogP contribution in [0.5, 0.6) is 11.5 Å². The van der Waals surface area contributed by atoms with E-state index >= 15 is 0 Å². The lowest BCUT2D eigenvalue weighted by molar-refractivity contribution is -0.123. The van der Waals surface area contributed by atoms with Gasteiger partial charge >= 0.3 is 5.97 Å². The number of hydrogen-bond donors (Lipinski definition) is 1. The number of carbonyl (C=O) groups excluding carboxylic acids is 3. The van der Waals surface area contributed by atoms with E-state index in [9.17, 15) is 14.4 Å². The highest BCUT2D eigenvalue weighted by Crippen LogP contribution is 2.33. The second kappa shape index (κ2) is 9.55. The van der Waals surface area contributed by atoms with Gasteiger partial charge in [0.15, 0.2) is 23.9 Å². The molecule has 0 bridgehead atoms. The molecule has 148 valence electrons. The van der Waals surface area contributed by atoms with Crippen molar-refractivity contribution in [1.82, 2.24) is 0 Å². The Kier molecular flexibility index (Phi) is 7.14. The van der Waals surface area contributed by atoms with Crippen molar-refractivity contribution in [1.29, 1.82) is 0 Å². The van der Waals surface area contributed by atoms with Gasteiger partial charge in [-0.2, -0.15) is 0 Å². The van der Waals surface area contributed by atoms with Crippen molar-refractivity contribution in [2.75, 3.05) is 19.5 Å². The average molecular weight is 385 g/mol. The monoisotopic (exact) mass is 385 g/mol. The second-order valence-corrected chi connectivity index (χ2v) is 5.97. The van der Waals surface area contributed by atoms with E-state index in [0.29, 0.717) is 12.0 Å². The third-order valence-corrected chi connectivity index (χ3v) is 4.19. The number of ether oxygens (including phenoxy) is 3. The summed E-state index contributed by atoms with van der Waals surface area (Å²) in [7, 11) is 2.76. The maximum atomic E-state index is 12.6. The number of aryl methyl sites for hydroxylation is 1. The molecule has 1 atom stereocenters. The van der Waals surface area contributed by atoms with Crippen molar-refractivity contribution in [2.24, 2.45) is 0 Å². The molecule has 0 saturated heterocycles. The number of aldehydes is 1. The fourth-order valence-electron chi connectivity index (χ4n) is 2.59. The van der Waals surface area contributed by atoms with Gasteiger partial charge in [0.1, 0.15) is 5.56 Å². The van der Waals surface area contributed by atoms with Crippen LogP contribution in [0.25, 0.3) is 0 Å². The van der Waals surface area contributed by atoms with Crippen LogP contribution in [0.1, 0.15) is 40.1 Å². The van der Waals surface area contributed by atoms with E-state index in [-0.39, 0.29) is 22.6 Å². The molecule has 0 aliphatic rings. The first-order valence-electron chi connectivity index (χ1n) is 8.76. The Bertz CT molecular complexity index is 860. The van der Waals surface area contributed by atoms with Crippen molar-refractivity contribution in [3.05, 3.63) is 53.1 Å². The third kappa shape index (κ3) is 4.68. The van der Waals surface area contributed by atoms with Crippen LogP contribution in [-0.2, 0) is 16.0 Å². The predicted molar refractivity (Wildman–Crippen MR) is 104 cm³/mol. The third-order valence-electron chi connectivity index (χ3n) is 4.19. The number of esters is 1. The minimum absolute atomic E-state index is 0.0693. The molecule has 1 amide bonds. The molecule has 0 spiro atoms. The highest BCUT2D eigenvalue weighted by Gasteiger charge is 2.26. The standard InChI is InChI=1S/C21H23NO6/c1-5-14-6-9-16(10-7-14)22-20(24)13(2)28-21(25)18-15(12-23)8-11-17(26-3)19(18)27-4/h6-13H,5H2,1-4H3,(H,22,24)/t13-/m0/s1. The van der Waals surface area contributed by atoms with Crippen molar-refractivity contribution in [3.63, 3.8) is 0 Å². The zero-order valence-corrected chi connectivity index (χ0v) is 16.3. The summed E-state index contributed by atoms with van der Waals surface area (Å²) < 4.78 is 15.6. The second-order valence-electron chi connectivity index (χ2n) is 5.97. The van der Waals surface area contributed by atoms with Crippen LogP contribution in [0.4, 0.5) is 5.69 Å². The van der Waals surface area contributed by atoms with Gasteiger partial charge < -0.3 is 19.5 Å². The van der Waals surface area contributed by atoms with Gasteiger partial charge in [-0.25, -0.2) is 4.79 Å². The van der Waals surface area contributed by atoms with Gasteiger partial charge in [-0.05, 0) is 43.2 Å². The van der Waals surface area contributed by atoms with E-state index in [2.05, 4.69) is 5.32 Å². The van der Waals surface area contributed by atoms with Gasteiger partial charge in [-0.15, -0.1) is 0 Å². The van der Waals surface area contributed by atoms with Gasteiger partial charge in [0.05, 0.1) is 14.2 Å². The summed E-state index contributed by atoms with van der Waals surface area (Å²) in [5, 5.41) is 2.69. The normalized spacial score (nSPS) is 11.3. The van der Waals surface area contributed by atoms with E-state index in [0.717, 1.165) is 12.0 Å². The minimum atomic E-state index is -1.09. The summed E-state index contributed by atoms with van der Waals surface area (Å²) >= 11 is 0. The fraction of sp³-hybridized carbons (Fsp3) is 0.286. The lowest BCUT2D eigenvalue weighted by Gasteiger charge is -2.17. The minimum Gasteiger partial charge on any atom is -0.493 e. The highest BCUT2D eigenvalue weighted by molar-refractivity contribution is 6.03. The Morgan fingerprint density at radius 1 is 1.07 bits per heavy atom. The van der Waals surface area contributed by atoms with Gasteiger partial charge in [0.2, 0.25) is 0 Å². The molecular weight excluding hydrogens is 362 g/mol. The predicted octanol–water partition coefficient (Wildman–Crippen LogP) is 3.26. The summed E-state index contributed by atoms with van der Waals surface area (Å²) in [6.07, 6.45) is 0.316. The molecule has 1 N–H and O–H groups in total. The number of carbonyl (C=O) groups is 3. The molecule has 2 rings (SSSR count). The number of hydrogen-bond acceptors (Lipinski definition) is 6. The number of benzene rings is 2. The molecule has 28 heavy (non-hydrogen) atoms. The van der Waals surface area contributed by atoms with Gasteiger partial charge in [-0.1, -0.05) is 19.1 Å². The smallest absolute Gasteiger partial charge is 0.343 e. The van der Waals surface area contributed by atoms with E-state index in [4.69, 9.17) is 14.2 Å². The van der Waals surface area contributed by atoms with E-state index < -0.39 is 18.0 Å². The van der Waals surface area contributed by atoms with Crippen LogP contribution in [0.2, 0.25) is 0 Å². The Morgan fingerprint density at radius 2 is 1.75 bits per heavy atom. The molecule has 0 heterocycles.